The predicted molar refractivity (Wildman–Crippen MR) is 126 cm³/mol. The van der Waals surface area contributed by atoms with Crippen molar-refractivity contribution < 1.29 is 22.8 Å². The smallest absolute Gasteiger partial charge is 0.362 e. The van der Waals surface area contributed by atoms with Crippen LogP contribution in [0.5, 0.6) is 0 Å². The molecular formula is C25H25F3N4O2. The van der Waals surface area contributed by atoms with Crippen LogP contribution in [0.15, 0.2) is 60.8 Å². The summed E-state index contributed by atoms with van der Waals surface area (Å²) < 4.78 is 37.7. The Balaban J connectivity index is 1.80. The van der Waals surface area contributed by atoms with Crippen LogP contribution in [0, 0.1) is 6.92 Å². The first-order valence-corrected chi connectivity index (χ1v) is 10.6. The van der Waals surface area contributed by atoms with Crippen LogP contribution in [0.3, 0.4) is 0 Å². The summed E-state index contributed by atoms with van der Waals surface area (Å²) in [6.45, 7) is 3.55. The van der Waals surface area contributed by atoms with Crippen molar-refractivity contribution in [1.29, 1.82) is 0 Å². The van der Waals surface area contributed by atoms with Gasteiger partial charge in [0.05, 0.1) is 11.7 Å². The second kappa shape index (κ2) is 10.4. The predicted octanol–water partition coefficient (Wildman–Crippen LogP) is 5.48. The number of aryl methyl sites for hydroxylation is 1. The Morgan fingerprint density at radius 1 is 1.03 bits per heavy atom. The van der Waals surface area contributed by atoms with Gasteiger partial charge in [0.2, 0.25) is 5.91 Å². The Morgan fingerprint density at radius 2 is 1.71 bits per heavy atom. The highest BCUT2D eigenvalue weighted by Crippen LogP contribution is 2.30. The molecule has 1 heterocycles. The first-order valence-electron chi connectivity index (χ1n) is 10.6. The average Bonchev–Trinajstić information content (AvgIpc) is 2.79. The Hall–Kier alpha value is -3.88. The summed E-state index contributed by atoms with van der Waals surface area (Å²) in [7, 11) is 1.58. The standard InChI is InChI=1S/C25H25F3N4O2/c1-15-12-13-30-23(22(15)32-21(33)14-25(26,27)28)31-16(2)17-8-10-18(11-9-17)19-6-4-5-7-20(19)24(34)29-3/h4-13,16H,14H2,1-3H3,(H,29,34)(H,30,31)(H,32,33)/t16-/m1/s1. The molecule has 0 spiro atoms. The molecule has 2 amide bonds. The van der Waals surface area contributed by atoms with Crippen molar-refractivity contribution in [2.75, 3.05) is 17.7 Å². The maximum atomic E-state index is 12.6. The van der Waals surface area contributed by atoms with Crippen LogP contribution < -0.4 is 16.0 Å². The average molecular weight is 470 g/mol. The Kier molecular flexibility index (Phi) is 7.55. The zero-order chi connectivity index (χ0) is 24.9. The van der Waals surface area contributed by atoms with Crippen LogP contribution in [-0.4, -0.2) is 30.0 Å². The first-order chi connectivity index (χ1) is 16.1. The minimum absolute atomic E-state index is 0.180. The lowest BCUT2D eigenvalue weighted by molar-refractivity contribution is -0.150. The molecule has 0 saturated carbocycles. The largest absolute Gasteiger partial charge is 0.397 e. The maximum Gasteiger partial charge on any atom is 0.397 e. The summed E-state index contributed by atoms with van der Waals surface area (Å²) in [5.74, 6) is -1.06. The van der Waals surface area contributed by atoms with Crippen LogP contribution in [0.2, 0.25) is 0 Å². The molecule has 0 aliphatic heterocycles. The number of anilines is 2. The lowest BCUT2D eigenvalue weighted by Gasteiger charge is -2.20. The fourth-order valence-corrected chi connectivity index (χ4v) is 3.50. The molecular weight excluding hydrogens is 445 g/mol. The molecule has 2 aromatic carbocycles. The SMILES string of the molecule is CNC(=O)c1ccccc1-c1ccc([C@@H](C)Nc2nccc(C)c2NC(=O)CC(F)(F)F)cc1. The molecule has 0 aliphatic rings. The number of hydrogen-bond acceptors (Lipinski definition) is 4. The summed E-state index contributed by atoms with van der Waals surface area (Å²) in [6, 6.07) is 16.2. The summed E-state index contributed by atoms with van der Waals surface area (Å²) in [5, 5.41) is 8.12. The van der Waals surface area contributed by atoms with Gasteiger partial charge in [-0.2, -0.15) is 13.2 Å². The van der Waals surface area contributed by atoms with E-state index in [0.29, 0.717) is 11.1 Å². The van der Waals surface area contributed by atoms with Crippen molar-refractivity contribution in [3.63, 3.8) is 0 Å². The molecule has 0 unspecified atom stereocenters. The van der Waals surface area contributed by atoms with Crippen molar-refractivity contribution in [2.45, 2.75) is 32.5 Å². The molecule has 0 saturated heterocycles. The van der Waals surface area contributed by atoms with Crippen molar-refractivity contribution in [2.24, 2.45) is 0 Å². The summed E-state index contributed by atoms with van der Waals surface area (Å²) in [6.07, 6.45) is -4.66. The third kappa shape index (κ3) is 6.12. The zero-order valence-electron chi connectivity index (χ0n) is 19.0. The van der Waals surface area contributed by atoms with Gasteiger partial charge in [-0.05, 0) is 48.2 Å². The van der Waals surface area contributed by atoms with E-state index in [1.165, 1.54) is 6.20 Å². The molecule has 0 fully saturated rings. The van der Waals surface area contributed by atoms with Gasteiger partial charge in [0.15, 0.2) is 5.82 Å². The molecule has 9 heteroatoms. The number of alkyl halides is 3. The van der Waals surface area contributed by atoms with Crippen molar-refractivity contribution in [1.82, 2.24) is 10.3 Å². The van der Waals surface area contributed by atoms with Crippen LogP contribution in [0.4, 0.5) is 24.7 Å². The van der Waals surface area contributed by atoms with Gasteiger partial charge in [-0.15, -0.1) is 0 Å². The number of amides is 2. The number of nitrogens with zero attached hydrogens (tertiary/aromatic N) is 1. The second-order valence-corrected chi connectivity index (χ2v) is 7.80. The van der Waals surface area contributed by atoms with E-state index in [4.69, 9.17) is 0 Å². The fourth-order valence-electron chi connectivity index (χ4n) is 3.50. The topological polar surface area (TPSA) is 83.1 Å². The third-order valence-electron chi connectivity index (χ3n) is 5.26. The number of rotatable bonds is 7. The van der Waals surface area contributed by atoms with Gasteiger partial charge in [0.1, 0.15) is 6.42 Å². The van der Waals surface area contributed by atoms with E-state index in [0.717, 1.165) is 16.7 Å². The molecule has 3 rings (SSSR count). The van der Waals surface area contributed by atoms with Crippen LogP contribution in [0.1, 0.15) is 40.9 Å². The third-order valence-corrected chi connectivity index (χ3v) is 5.26. The van der Waals surface area contributed by atoms with E-state index in [2.05, 4.69) is 20.9 Å². The molecule has 1 atom stereocenters. The summed E-state index contributed by atoms with van der Waals surface area (Å²) in [5.41, 5.74) is 3.90. The number of aromatic nitrogens is 1. The fraction of sp³-hybridized carbons (Fsp3) is 0.240. The normalized spacial score (nSPS) is 12.1. The molecule has 34 heavy (non-hydrogen) atoms. The molecule has 3 aromatic rings. The highest BCUT2D eigenvalue weighted by molar-refractivity contribution is 6.00. The number of pyridine rings is 1. The number of hydrogen-bond donors (Lipinski definition) is 3. The van der Waals surface area contributed by atoms with Crippen LogP contribution in [0.25, 0.3) is 11.1 Å². The molecule has 178 valence electrons. The quantitative estimate of drug-likeness (QED) is 0.427. The Labute approximate surface area is 195 Å². The Bertz CT molecular complexity index is 1180. The van der Waals surface area contributed by atoms with Crippen LogP contribution >= 0.6 is 0 Å². The minimum atomic E-state index is -4.60. The molecule has 0 radical (unpaired) electrons. The number of benzene rings is 2. The van der Waals surface area contributed by atoms with Crippen LogP contribution in [-0.2, 0) is 4.79 Å². The number of carbonyl (C=O) groups excluding carboxylic acids is 2. The van der Waals surface area contributed by atoms with Crippen molar-refractivity contribution in [3.05, 3.63) is 77.5 Å². The number of halogens is 3. The van der Waals surface area contributed by atoms with E-state index in [-0.39, 0.29) is 23.5 Å². The summed E-state index contributed by atoms with van der Waals surface area (Å²) >= 11 is 0. The number of nitrogens with one attached hydrogen (secondary N) is 3. The van der Waals surface area contributed by atoms with Crippen molar-refractivity contribution >= 4 is 23.3 Å². The Morgan fingerprint density at radius 3 is 2.35 bits per heavy atom. The van der Waals surface area contributed by atoms with E-state index in [1.807, 2.05) is 43.3 Å². The lowest BCUT2D eigenvalue weighted by atomic mass is 9.97. The minimum Gasteiger partial charge on any atom is -0.362 e. The van der Waals surface area contributed by atoms with Gasteiger partial charge in [0.25, 0.3) is 5.91 Å². The lowest BCUT2D eigenvalue weighted by Crippen LogP contribution is -2.22. The van der Waals surface area contributed by atoms with E-state index < -0.39 is 18.5 Å². The van der Waals surface area contributed by atoms with Gasteiger partial charge in [-0.1, -0.05) is 42.5 Å². The highest BCUT2D eigenvalue weighted by Gasteiger charge is 2.31. The highest BCUT2D eigenvalue weighted by atomic mass is 19.4. The molecule has 6 nitrogen and oxygen atoms in total. The van der Waals surface area contributed by atoms with Gasteiger partial charge in [-0.25, -0.2) is 4.98 Å². The monoisotopic (exact) mass is 470 g/mol. The van der Waals surface area contributed by atoms with E-state index in [1.54, 1.807) is 32.2 Å². The van der Waals surface area contributed by atoms with Crippen molar-refractivity contribution in [3.8, 4) is 11.1 Å². The molecule has 1 aromatic heterocycles. The first kappa shape index (κ1) is 24.8. The van der Waals surface area contributed by atoms with Gasteiger partial charge < -0.3 is 16.0 Å². The molecule has 0 bridgehead atoms. The van der Waals surface area contributed by atoms with Gasteiger partial charge >= 0.3 is 6.18 Å². The second-order valence-electron chi connectivity index (χ2n) is 7.80. The molecule has 3 N–H and O–H groups in total. The van der Waals surface area contributed by atoms with Gasteiger partial charge in [-0.3, -0.25) is 9.59 Å². The maximum absolute atomic E-state index is 12.6. The van der Waals surface area contributed by atoms with Gasteiger partial charge in [0, 0.05) is 18.8 Å². The van der Waals surface area contributed by atoms with E-state index in [9.17, 15) is 22.8 Å². The summed E-state index contributed by atoms with van der Waals surface area (Å²) in [4.78, 5) is 28.2. The number of carbonyl (C=O) groups is 2. The van der Waals surface area contributed by atoms with E-state index >= 15 is 0 Å². The zero-order valence-corrected chi connectivity index (χ0v) is 19.0. The molecule has 0 aliphatic carbocycles.